The van der Waals surface area contributed by atoms with Crippen LogP contribution in [0.1, 0.15) is 21.7 Å². The van der Waals surface area contributed by atoms with Gasteiger partial charge in [0.15, 0.2) is 0 Å². The highest BCUT2D eigenvalue weighted by molar-refractivity contribution is 6.05. The largest absolute Gasteiger partial charge is 0.545 e. The zero-order valence-electron chi connectivity index (χ0n) is 14.1. The zero-order valence-corrected chi connectivity index (χ0v) is 14.1. The van der Waals surface area contributed by atoms with E-state index in [-0.39, 0.29) is 5.91 Å². The van der Waals surface area contributed by atoms with Crippen molar-refractivity contribution in [2.24, 2.45) is 0 Å². The van der Waals surface area contributed by atoms with Crippen LogP contribution in [0.2, 0.25) is 0 Å². The van der Waals surface area contributed by atoms with Crippen molar-refractivity contribution >= 4 is 23.6 Å². The van der Waals surface area contributed by atoms with E-state index in [0.717, 1.165) is 11.6 Å². The minimum Gasteiger partial charge on any atom is -0.545 e. The van der Waals surface area contributed by atoms with E-state index in [1.54, 1.807) is 37.3 Å². The Kier molecular flexibility index (Phi) is 4.99. The number of nitrogens with one attached hydrogen (secondary N) is 1. The second-order valence-electron chi connectivity index (χ2n) is 5.68. The lowest BCUT2D eigenvalue weighted by molar-refractivity contribution is -0.297. The Hall–Kier alpha value is -3.60. The summed E-state index contributed by atoms with van der Waals surface area (Å²) in [6, 6.07) is 18.1. The molecule has 0 aliphatic carbocycles. The number of aliphatic carboxylic acids is 1. The predicted octanol–water partition coefficient (Wildman–Crippen LogP) is 3.27. The first-order chi connectivity index (χ1) is 12.5. The Morgan fingerprint density at radius 1 is 1.04 bits per heavy atom. The third-order valence-electron chi connectivity index (χ3n) is 3.78. The molecule has 0 saturated carbocycles. The second-order valence-corrected chi connectivity index (χ2v) is 5.68. The molecule has 0 aliphatic heterocycles. The van der Waals surface area contributed by atoms with Crippen LogP contribution in [0.5, 0.6) is 0 Å². The fraction of sp³-hybridized carbons (Fsp3) is 0.0476. The second kappa shape index (κ2) is 7.53. The molecule has 1 N–H and O–H groups in total. The summed E-state index contributed by atoms with van der Waals surface area (Å²) in [4.78, 5) is 23.1. The van der Waals surface area contributed by atoms with E-state index >= 15 is 0 Å². The fourth-order valence-corrected chi connectivity index (χ4v) is 2.53. The van der Waals surface area contributed by atoms with Crippen molar-refractivity contribution in [3.8, 4) is 11.3 Å². The van der Waals surface area contributed by atoms with E-state index in [1.165, 1.54) is 6.08 Å². The summed E-state index contributed by atoms with van der Waals surface area (Å²) in [7, 11) is 0. The van der Waals surface area contributed by atoms with E-state index in [9.17, 15) is 14.7 Å². The minimum atomic E-state index is -1.28. The number of furan rings is 1. The molecule has 0 spiro atoms. The highest BCUT2D eigenvalue weighted by atomic mass is 16.4. The van der Waals surface area contributed by atoms with Crippen molar-refractivity contribution in [2.75, 3.05) is 5.32 Å². The summed E-state index contributed by atoms with van der Waals surface area (Å²) in [6.45, 7) is 1.74. The van der Waals surface area contributed by atoms with Gasteiger partial charge in [-0.25, -0.2) is 0 Å². The van der Waals surface area contributed by atoms with E-state index in [1.807, 2.05) is 30.3 Å². The molecule has 0 bridgehead atoms. The molecule has 2 aromatic carbocycles. The van der Waals surface area contributed by atoms with Crippen LogP contribution in [-0.2, 0) is 4.79 Å². The van der Waals surface area contributed by atoms with Crippen LogP contribution >= 0.6 is 0 Å². The predicted molar refractivity (Wildman–Crippen MR) is 97.3 cm³/mol. The molecule has 0 atom stereocenters. The van der Waals surface area contributed by atoms with Gasteiger partial charge >= 0.3 is 0 Å². The number of carbonyl (C=O) groups excluding carboxylic acids is 2. The molecule has 0 radical (unpaired) electrons. The van der Waals surface area contributed by atoms with E-state index < -0.39 is 5.97 Å². The van der Waals surface area contributed by atoms with Crippen molar-refractivity contribution in [3.63, 3.8) is 0 Å². The molecule has 5 heteroatoms. The quantitative estimate of drug-likeness (QED) is 0.719. The average molecular weight is 346 g/mol. The third kappa shape index (κ3) is 4.08. The standard InChI is InChI=1S/C21H17NO4/c1-14-18(13-19(26-14)16-7-3-2-4-8-16)21(25)22-17-9-5-6-15(12-17)10-11-20(23)24/h2-13H,1H3,(H,22,25)(H,23,24)/p-1/b11-10+. The molecule has 3 rings (SSSR count). The molecule has 1 amide bonds. The van der Waals surface area contributed by atoms with Gasteiger partial charge in [-0.3, -0.25) is 4.79 Å². The maximum atomic E-state index is 12.6. The van der Waals surface area contributed by atoms with Crippen LogP contribution in [0.25, 0.3) is 17.4 Å². The molecule has 26 heavy (non-hydrogen) atoms. The lowest BCUT2D eigenvalue weighted by atomic mass is 10.1. The molecule has 0 saturated heterocycles. The third-order valence-corrected chi connectivity index (χ3v) is 3.78. The molecule has 130 valence electrons. The van der Waals surface area contributed by atoms with Crippen LogP contribution in [0.4, 0.5) is 5.69 Å². The number of anilines is 1. The van der Waals surface area contributed by atoms with Gasteiger partial charge in [0.05, 0.1) is 11.5 Å². The number of carbonyl (C=O) groups is 2. The van der Waals surface area contributed by atoms with Crippen LogP contribution in [0.3, 0.4) is 0 Å². The molecule has 0 aliphatic rings. The normalized spacial score (nSPS) is 10.8. The van der Waals surface area contributed by atoms with E-state index in [2.05, 4.69) is 5.32 Å². The van der Waals surface area contributed by atoms with Crippen LogP contribution in [0.15, 0.2) is 71.2 Å². The summed E-state index contributed by atoms with van der Waals surface area (Å²) in [6.07, 6.45) is 2.34. The molecule has 0 fully saturated rings. The number of hydrogen-bond acceptors (Lipinski definition) is 4. The Bertz CT molecular complexity index is 971. The zero-order chi connectivity index (χ0) is 18.5. The fourth-order valence-electron chi connectivity index (χ4n) is 2.53. The van der Waals surface area contributed by atoms with Gasteiger partial charge in [0.1, 0.15) is 11.5 Å². The van der Waals surface area contributed by atoms with Gasteiger partial charge in [-0.05, 0) is 36.8 Å². The van der Waals surface area contributed by atoms with Crippen LogP contribution in [0, 0.1) is 6.92 Å². The summed E-state index contributed by atoms with van der Waals surface area (Å²) in [5.41, 5.74) is 2.53. The number of benzene rings is 2. The lowest BCUT2D eigenvalue weighted by Gasteiger charge is -2.05. The van der Waals surface area contributed by atoms with Crippen molar-refractivity contribution < 1.29 is 19.1 Å². The van der Waals surface area contributed by atoms with Gasteiger partial charge in [-0.2, -0.15) is 0 Å². The SMILES string of the molecule is Cc1oc(-c2ccccc2)cc1C(=O)Nc1cccc(/C=C/C(=O)[O-])c1. The molecular weight excluding hydrogens is 330 g/mol. The van der Waals surface area contributed by atoms with Gasteiger partial charge in [0.2, 0.25) is 0 Å². The summed E-state index contributed by atoms with van der Waals surface area (Å²) in [5.74, 6) is -0.426. The van der Waals surface area contributed by atoms with E-state index in [4.69, 9.17) is 4.42 Å². The first-order valence-corrected chi connectivity index (χ1v) is 7.99. The maximum absolute atomic E-state index is 12.6. The summed E-state index contributed by atoms with van der Waals surface area (Å²) in [5, 5.41) is 13.3. The van der Waals surface area contributed by atoms with Crippen molar-refractivity contribution in [3.05, 3.63) is 83.6 Å². The lowest BCUT2D eigenvalue weighted by Crippen LogP contribution is -2.18. The van der Waals surface area contributed by atoms with Gasteiger partial charge in [0, 0.05) is 11.3 Å². The molecule has 3 aromatic rings. The molecule has 5 nitrogen and oxygen atoms in total. The number of hydrogen-bond donors (Lipinski definition) is 1. The first-order valence-electron chi connectivity index (χ1n) is 7.99. The highest BCUT2D eigenvalue weighted by Gasteiger charge is 2.16. The van der Waals surface area contributed by atoms with Crippen molar-refractivity contribution in [1.29, 1.82) is 0 Å². The van der Waals surface area contributed by atoms with Gasteiger partial charge in [-0.15, -0.1) is 0 Å². The van der Waals surface area contributed by atoms with Crippen molar-refractivity contribution in [2.45, 2.75) is 6.92 Å². The first kappa shape index (κ1) is 17.2. The molecule has 1 heterocycles. The van der Waals surface area contributed by atoms with E-state index in [0.29, 0.717) is 28.3 Å². The number of rotatable bonds is 5. The Morgan fingerprint density at radius 3 is 2.54 bits per heavy atom. The summed E-state index contributed by atoms with van der Waals surface area (Å²) >= 11 is 0. The number of aryl methyl sites for hydroxylation is 1. The monoisotopic (exact) mass is 346 g/mol. The molecular formula is C21H16NO4-. The minimum absolute atomic E-state index is 0.297. The number of carboxylic acids is 1. The van der Waals surface area contributed by atoms with Crippen LogP contribution < -0.4 is 10.4 Å². The van der Waals surface area contributed by atoms with Gasteiger partial charge in [-0.1, -0.05) is 48.5 Å². The van der Waals surface area contributed by atoms with Gasteiger partial charge < -0.3 is 19.6 Å². The smallest absolute Gasteiger partial charge is 0.259 e. The molecule has 1 aromatic heterocycles. The average Bonchev–Trinajstić information content (AvgIpc) is 3.03. The highest BCUT2D eigenvalue weighted by Crippen LogP contribution is 2.26. The Morgan fingerprint density at radius 2 is 1.81 bits per heavy atom. The van der Waals surface area contributed by atoms with Crippen LogP contribution in [-0.4, -0.2) is 11.9 Å². The number of carboxylic acid groups (broad SMARTS) is 1. The Balaban J connectivity index is 1.80. The summed E-state index contributed by atoms with van der Waals surface area (Å²) < 4.78 is 5.70. The number of amides is 1. The topological polar surface area (TPSA) is 82.4 Å². The maximum Gasteiger partial charge on any atom is 0.259 e. The van der Waals surface area contributed by atoms with Gasteiger partial charge in [0.25, 0.3) is 5.91 Å². The van der Waals surface area contributed by atoms with Crippen molar-refractivity contribution in [1.82, 2.24) is 0 Å². The molecule has 0 unspecified atom stereocenters. The Labute approximate surface area is 150 Å².